The third-order valence-electron chi connectivity index (χ3n) is 4.07. The van der Waals surface area contributed by atoms with Gasteiger partial charge in [0, 0.05) is 0 Å². The summed E-state index contributed by atoms with van der Waals surface area (Å²) in [4.78, 5) is 11.7. The van der Waals surface area contributed by atoms with E-state index in [2.05, 4.69) is 21.9 Å². The third-order valence-corrected chi connectivity index (χ3v) is 5.05. The first-order valence-electron chi connectivity index (χ1n) is 10.0. The number of hydrogen-bond acceptors (Lipinski definition) is 7. The van der Waals surface area contributed by atoms with Crippen molar-refractivity contribution in [3.8, 4) is 12.0 Å². The van der Waals surface area contributed by atoms with Gasteiger partial charge in [-0.2, -0.15) is 18.4 Å². The molecule has 0 aliphatic heterocycles. The fourth-order valence-corrected chi connectivity index (χ4v) is 3.23. The topological polar surface area (TPSA) is 112 Å². The molecule has 10 heteroatoms. The van der Waals surface area contributed by atoms with Crippen LogP contribution in [0.1, 0.15) is 77.6 Å². The number of rotatable bonds is 17. The van der Waals surface area contributed by atoms with Gasteiger partial charge in [0.1, 0.15) is 0 Å². The van der Waals surface area contributed by atoms with Gasteiger partial charge in [-0.1, -0.05) is 64.7 Å². The quantitative estimate of drug-likeness (QED) is 0.280. The van der Waals surface area contributed by atoms with Crippen molar-refractivity contribution < 1.29 is 22.4 Å². The van der Waals surface area contributed by atoms with E-state index in [4.69, 9.17) is 25.6 Å². The summed E-state index contributed by atoms with van der Waals surface area (Å²) in [6, 6.07) is 0.0501. The van der Waals surface area contributed by atoms with Crippen molar-refractivity contribution in [2.45, 2.75) is 77.6 Å². The smallest absolute Gasteiger partial charge is 0.323 e. The van der Waals surface area contributed by atoms with Gasteiger partial charge in [0.2, 0.25) is 5.28 Å². The van der Waals surface area contributed by atoms with Gasteiger partial charge in [0.25, 0.3) is 10.1 Å². The van der Waals surface area contributed by atoms with E-state index in [0.29, 0.717) is 6.61 Å². The molecule has 1 aromatic rings. The molecule has 0 spiro atoms. The summed E-state index contributed by atoms with van der Waals surface area (Å²) in [5.41, 5.74) is 0. The molecule has 0 aromatic carbocycles. The van der Waals surface area contributed by atoms with E-state index in [9.17, 15) is 8.42 Å². The zero-order valence-electron chi connectivity index (χ0n) is 16.6. The molecule has 0 aliphatic carbocycles. The zero-order chi connectivity index (χ0) is 20.7. The molecule has 0 unspecified atom stereocenters. The lowest BCUT2D eigenvalue weighted by molar-refractivity contribution is 0.256. The second-order valence-electron chi connectivity index (χ2n) is 6.69. The Bertz CT molecular complexity index is 646. The van der Waals surface area contributed by atoms with E-state index in [1.54, 1.807) is 0 Å². The summed E-state index contributed by atoms with van der Waals surface area (Å²) in [7, 11) is -4.01. The van der Waals surface area contributed by atoms with Crippen LogP contribution in [0.15, 0.2) is 0 Å². The van der Waals surface area contributed by atoms with Gasteiger partial charge in [-0.05, 0) is 24.4 Å². The van der Waals surface area contributed by atoms with Gasteiger partial charge >= 0.3 is 12.0 Å². The highest BCUT2D eigenvalue weighted by Crippen LogP contribution is 2.14. The molecule has 0 radical (unpaired) electrons. The molecule has 1 rings (SSSR count). The predicted octanol–water partition coefficient (Wildman–Crippen LogP) is 4.48. The number of hydrogen-bond donors (Lipinski definition) is 1. The Balaban J connectivity index is 2.15. The largest absolute Gasteiger partial charge is 0.463 e. The summed E-state index contributed by atoms with van der Waals surface area (Å²) in [6.45, 7) is 2.74. The van der Waals surface area contributed by atoms with Gasteiger partial charge in [-0.3, -0.25) is 4.55 Å². The first-order valence-corrected chi connectivity index (χ1v) is 12.0. The third kappa shape index (κ3) is 13.9. The van der Waals surface area contributed by atoms with Crippen LogP contribution in [0.3, 0.4) is 0 Å². The maximum atomic E-state index is 10.7. The average Bonchev–Trinajstić information content (AvgIpc) is 2.62. The molecule has 8 nitrogen and oxygen atoms in total. The highest BCUT2D eigenvalue weighted by atomic mass is 35.5. The molecule has 162 valence electrons. The Labute approximate surface area is 173 Å². The van der Waals surface area contributed by atoms with Crippen molar-refractivity contribution in [3.63, 3.8) is 0 Å². The first-order chi connectivity index (χ1) is 13.4. The van der Waals surface area contributed by atoms with Crippen LogP contribution < -0.4 is 9.47 Å². The second kappa shape index (κ2) is 14.8. The summed E-state index contributed by atoms with van der Waals surface area (Å²) >= 11 is 5.82. The lowest BCUT2D eigenvalue weighted by Gasteiger charge is -2.07. The van der Waals surface area contributed by atoms with Crippen molar-refractivity contribution in [2.24, 2.45) is 0 Å². The van der Waals surface area contributed by atoms with Gasteiger partial charge in [0.05, 0.1) is 19.0 Å². The first kappa shape index (κ1) is 24.8. The molecule has 0 fully saturated rings. The monoisotopic (exact) mass is 437 g/mol. The van der Waals surface area contributed by atoms with E-state index in [1.165, 1.54) is 51.4 Å². The molecule has 28 heavy (non-hydrogen) atoms. The van der Waals surface area contributed by atoms with Crippen LogP contribution in [0.25, 0.3) is 0 Å². The van der Waals surface area contributed by atoms with Crippen LogP contribution in [-0.2, 0) is 10.1 Å². The molecule has 1 N–H and O–H groups in total. The van der Waals surface area contributed by atoms with Crippen LogP contribution in [0, 0.1) is 0 Å². The molecule has 0 amide bonds. The number of unbranched alkanes of at least 4 members (excludes halogenated alkanes) is 9. The van der Waals surface area contributed by atoms with Crippen LogP contribution >= 0.6 is 11.6 Å². The Hall–Kier alpha value is -1.19. The summed E-state index contributed by atoms with van der Waals surface area (Å²) in [5, 5.41) is -0.0575. The number of aromatic nitrogens is 3. The molecule has 0 saturated carbocycles. The van der Waals surface area contributed by atoms with Crippen molar-refractivity contribution >= 4 is 21.7 Å². The molecule has 1 heterocycles. The van der Waals surface area contributed by atoms with E-state index in [0.717, 1.165) is 12.8 Å². The Morgan fingerprint density at radius 1 is 0.786 bits per heavy atom. The fourth-order valence-electron chi connectivity index (χ4n) is 2.60. The molecule has 0 atom stereocenters. The lowest BCUT2D eigenvalue weighted by Crippen LogP contribution is -2.10. The molecular weight excluding hydrogens is 406 g/mol. The number of ether oxygens (including phenoxy) is 2. The van der Waals surface area contributed by atoms with Gasteiger partial charge < -0.3 is 9.47 Å². The van der Waals surface area contributed by atoms with Crippen LogP contribution in [-0.4, -0.2) is 46.9 Å². The molecule has 1 aromatic heterocycles. The fraction of sp³-hybridized carbons (Fsp3) is 0.833. The Morgan fingerprint density at radius 2 is 1.25 bits per heavy atom. The molecular formula is C18H32ClN3O5S. The van der Waals surface area contributed by atoms with E-state index < -0.39 is 15.9 Å². The van der Waals surface area contributed by atoms with E-state index >= 15 is 0 Å². The number of halogens is 1. The van der Waals surface area contributed by atoms with Crippen LogP contribution in [0.5, 0.6) is 12.0 Å². The van der Waals surface area contributed by atoms with Crippen LogP contribution in [0.4, 0.5) is 0 Å². The average molecular weight is 438 g/mol. The highest BCUT2D eigenvalue weighted by molar-refractivity contribution is 7.85. The highest BCUT2D eigenvalue weighted by Gasteiger charge is 2.09. The standard InChI is InChI=1S/C18H32ClN3O5S/c1-2-3-4-5-6-7-8-9-10-11-13-26-17-20-16(19)21-18(22-17)27-14-12-15-28(23,24)25/h2-15H2,1H3,(H,23,24,25). The normalized spacial score (nSPS) is 11.5. The summed E-state index contributed by atoms with van der Waals surface area (Å²) in [5.74, 6) is -0.395. The second-order valence-corrected chi connectivity index (χ2v) is 8.60. The van der Waals surface area contributed by atoms with Crippen molar-refractivity contribution in [2.75, 3.05) is 19.0 Å². The number of nitrogens with zero attached hydrogens (tertiary/aromatic N) is 3. The lowest BCUT2D eigenvalue weighted by atomic mass is 10.1. The van der Waals surface area contributed by atoms with Gasteiger partial charge in [0.15, 0.2) is 0 Å². The summed E-state index contributed by atoms with van der Waals surface area (Å²) < 4.78 is 40.7. The van der Waals surface area contributed by atoms with Crippen molar-refractivity contribution in [1.82, 2.24) is 15.0 Å². The zero-order valence-corrected chi connectivity index (χ0v) is 18.2. The van der Waals surface area contributed by atoms with Crippen LogP contribution in [0.2, 0.25) is 5.28 Å². The van der Waals surface area contributed by atoms with Crippen molar-refractivity contribution in [3.05, 3.63) is 5.28 Å². The maximum absolute atomic E-state index is 10.7. The SMILES string of the molecule is CCCCCCCCCCCCOc1nc(Cl)nc(OCCCS(=O)(=O)O)n1. The minimum atomic E-state index is -4.01. The maximum Gasteiger partial charge on any atom is 0.323 e. The Morgan fingerprint density at radius 3 is 1.75 bits per heavy atom. The van der Waals surface area contributed by atoms with Gasteiger partial charge in [-0.15, -0.1) is 4.98 Å². The molecule has 0 bridgehead atoms. The van der Waals surface area contributed by atoms with Gasteiger partial charge in [-0.25, -0.2) is 0 Å². The predicted molar refractivity (Wildman–Crippen MR) is 109 cm³/mol. The minimum absolute atomic E-state index is 0.0258. The molecule has 0 saturated heterocycles. The minimum Gasteiger partial charge on any atom is -0.463 e. The molecule has 0 aliphatic rings. The summed E-state index contributed by atoms with van der Waals surface area (Å²) in [6.07, 6.45) is 12.5. The Kier molecular flexibility index (Phi) is 13.1. The van der Waals surface area contributed by atoms with Crippen molar-refractivity contribution in [1.29, 1.82) is 0 Å². The van der Waals surface area contributed by atoms with E-state index in [1.807, 2.05) is 0 Å². The van der Waals surface area contributed by atoms with E-state index in [-0.39, 0.29) is 30.3 Å².